The highest BCUT2D eigenvalue weighted by Gasteiger charge is 2.22. The molecule has 124 valence electrons. The van der Waals surface area contributed by atoms with Crippen molar-refractivity contribution in [1.82, 2.24) is 0 Å². The van der Waals surface area contributed by atoms with Crippen LogP contribution in [-0.2, 0) is 4.74 Å². The van der Waals surface area contributed by atoms with Crippen LogP contribution in [0.25, 0.3) is 0 Å². The Labute approximate surface area is 140 Å². The van der Waals surface area contributed by atoms with E-state index < -0.39 is 6.09 Å². The number of ether oxygens (including phenoxy) is 2. The maximum absolute atomic E-state index is 12.2. The summed E-state index contributed by atoms with van der Waals surface area (Å²) in [4.78, 5) is 13.7. The van der Waals surface area contributed by atoms with Crippen molar-refractivity contribution < 1.29 is 14.3 Å². The van der Waals surface area contributed by atoms with Crippen LogP contribution in [0.2, 0.25) is 0 Å². The summed E-state index contributed by atoms with van der Waals surface area (Å²) < 4.78 is 10.5. The lowest BCUT2D eigenvalue weighted by Gasteiger charge is -2.16. The molecule has 0 aliphatic carbocycles. The van der Waals surface area contributed by atoms with Gasteiger partial charge in [0, 0.05) is 19.2 Å². The first-order valence-corrected chi connectivity index (χ1v) is 7.67. The number of nitrogens with zero attached hydrogens (tertiary/aromatic N) is 3. The van der Waals surface area contributed by atoms with Crippen molar-refractivity contribution in [3.05, 3.63) is 54.6 Å². The molecular weight excluding hydrogens is 306 g/mol. The quantitative estimate of drug-likeness (QED) is 0.867. The van der Waals surface area contributed by atoms with Gasteiger partial charge in [0.25, 0.3) is 0 Å². The van der Waals surface area contributed by atoms with Crippen LogP contribution in [0.15, 0.2) is 59.7 Å². The van der Waals surface area contributed by atoms with Gasteiger partial charge in [-0.2, -0.15) is 0 Å². The predicted molar refractivity (Wildman–Crippen MR) is 93.7 cm³/mol. The van der Waals surface area contributed by atoms with E-state index in [0.717, 1.165) is 17.1 Å². The zero-order chi connectivity index (χ0) is 16.9. The van der Waals surface area contributed by atoms with E-state index in [0.29, 0.717) is 18.9 Å². The van der Waals surface area contributed by atoms with Gasteiger partial charge in [0.2, 0.25) is 5.90 Å². The summed E-state index contributed by atoms with van der Waals surface area (Å²) in [6.45, 7) is 0.671. The van der Waals surface area contributed by atoms with Crippen molar-refractivity contribution >= 4 is 23.4 Å². The molecule has 0 radical (unpaired) electrons. The molecule has 0 unspecified atom stereocenters. The molecule has 1 aliphatic rings. The number of hydrogen-bond donors (Lipinski definition) is 0. The number of methoxy groups -OCH3 is 1. The van der Waals surface area contributed by atoms with Crippen molar-refractivity contribution in [3.8, 4) is 5.75 Å². The number of carbonyl (C=O) groups is 1. The normalized spacial score (nSPS) is 13.4. The second kappa shape index (κ2) is 7.04. The van der Waals surface area contributed by atoms with Gasteiger partial charge < -0.3 is 9.47 Å². The Morgan fingerprint density at radius 2 is 1.83 bits per heavy atom. The van der Waals surface area contributed by atoms with E-state index in [4.69, 9.17) is 9.47 Å². The van der Waals surface area contributed by atoms with Crippen molar-refractivity contribution in [2.45, 2.75) is 6.42 Å². The molecule has 1 amide bonds. The summed E-state index contributed by atoms with van der Waals surface area (Å²) >= 11 is 0. The molecule has 2 aromatic rings. The smallest absolute Gasteiger partial charge is 0.420 e. The molecule has 3 rings (SSSR count). The first-order valence-electron chi connectivity index (χ1n) is 7.67. The molecule has 1 heterocycles. The van der Waals surface area contributed by atoms with Crippen LogP contribution in [0, 0.1) is 0 Å². The Kier molecular flexibility index (Phi) is 4.65. The van der Waals surface area contributed by atoms with E-state index in [1.54, 1.807) is 14.2 Å². The fraction of sp³-hybridized carbons (Fsp3) is 0.222. The Hall–Kier alpha value is -3.02. The molecule has 0 atom stereocenters. The SMILES string of the molecule is COc1ccc(N2CCC(OC(=O)N(C)c3ccccc3)=N2)cc1. The minimum Gasteiger partial charge on any atom is -0.497 e. The molecular formula is C18H19N3O3. The van der Waals surface area contributed by atoms with Crippen molar-refractivity contribution in [2.75, 3.05) is 30.6 Å². The molecule has 0 saturated heterocycles. The summed E-state index contributed by atoms with van der Waals surface area (Å²) in [5, 5.41) is 6.18. The summed E-state index contributed by atoms with van der Waals surface area (Å²) in [7, 11) is 3.30. The van der Waals surface area contributed by atoms with Gasteiger partial charge in [-0.15, -0.1) is 5.10 Å². The van der Waals surface area contributed by atoms with Crippen molar-refractivity contribution in [3.63, 3.8) is 0 Å². The van der Waals surface area contributed by atoms with Crippen molar-refractivity contribution in [2.24, 2.45) is 5.10 Å². The number of amides is 1. The number of hydrazone groups is 1. The molecule has 0 fully saturated rings. The summed E-state index contributed by atoms with van der Waals surface area (Å²) in [6, 6.07) is 16.9. The molecule has 6 nitrogen and oxygen atoms in total. The molecule has 0 N–H and O–H groups in total. The molecule has 1 aliphatic heterocycles. The fourth-order valence-electron chi connectivity index (χ4n) is 2.38. The first kappa shape index (κ1) is 15.9. The van der Waals surface area contributed by atoms with Crippen LogP contribution >= 0.6 is 0 Å². The highest BCUT2D eigenvalue weighted by molar-refractivity contribution is 5.97. The fourth-order valence-corrected chi connectivity index (χ4v) is 2.38. The molecule has 0 spiro atoms. The number of hydrogen-bond acceptors (Lipinski definition) is 5. The highest BCUT2D eigenvalue weighted by atomic mass is 16.6. The highest BCUT2D eigenvalue weighted by Crippen LogP contribution is 2.23. The van der Waals surface area contributed by atoms with Crippen LogP contribution < -0.4 is 14.6 Å². The van der Waals surface area contributed by atoms with Crippen LogP contribution in [0.4, 0.5) is 16.2 Å². The van der Waals surface area contributed by atoms with Gasteiger partial charge in [-0.05, 0) is 36.4 Å². The third-order valence-electron chi connectivity index (χ3n) is 3.76. The van der Waals surface area contributed by atoms with Crippen LogP contribution in [0.3, 0.4) is 0 Å². The Bertz CT molecular complexity index is 729. The second-order valence-electron chi connectivity index (χ2n) is 5.33. The number of rotatable bonds is 3. The summed E-state index contributed by atoms with van der Waals surface area (Å²) in [5.41, 5.74) is 1.70. The van der Waals surface area contributed by atoms with E-state index in [2.05, 4.69) is 5.10 Å². The molecule has 24 heavy (non-hydrogen) atoms. The van der Waals surface area contributed by atoms with E-state index >= 15 is 0 Å². The number of carbonyl (C=O) groups excluding carboxylic acids is 1. The van der Waals surface area contributed by atoms with Crippen LogP contribution in [0.1, 0.15) is 6.42 Å². The Morgan fingerprint density at radius 1 is 1.12 bits per heavy atom. The molecule has 0 bridgehead atoms. The molecule has 6 heteroatoms. The average Bonchev–Trinajstić information content (AvgIpc) is 3.10. The Morgan fingerprint density at radius 3 is 2.50 bits per heavy atom. The van der Waals surface area contributed by atoms with Gasteiger partial charge in [0.05, 0.1) is 19.3 Å². The van der Waals surface area contributed by atoms with E-state index in [1.807, 2.05) is 59.6 Å². The zero-order valence-electron chi connectivity index (χ0n) is 13.7. The van der Waals surface area contributed by atoms with Gasteiger partial charge in [0.15, 0.2) is 0 Å². The maximum Gasteiger partial charge on any atom is 0.420 e. The minimum absolute atomic E-state index is 0.415. The maximum atomic E-state index is 12.2. The minimum atomic E-state index is -0.448. The molecule has 0 saturated carbocycles. The van der Waals surface area contributed by atoms with E-state index in [-0.39, 0.29) is 0 Å². The largest absolute Gasteiger partial charge is 0.497 e. The zero-order valence-corrected chi connectivity index (χ0v) is 13.7. The van der Waals surface area contributed by atoms with Gasteiger partial charge in [-0.25, -0.2) is 4.79 Å². The lowest BCUT2D eigenvalue weighted by Crippen LogP contribution is -2.28. The second-order valence-corrected chi connectivity index (χ2v) is 5.33. The van der Waals surface area contributed by atoms with Crippen LogP contribution in [0.5, 0.6) is 5.75 Å². The summed E-state index contributed by atoms with van der Waals surface area (Å²) in [5.74, 6) is 1.21. The lowest BCUT2D eigenvalue weighted by molar-refractivity contribution is 0.205. The third kappa shape index (κ3) is 3.48. The van der Waals surface area contributed by atoms with Gasteiger partial charge >= 0.3 is 6.09 Å². The topological polar surface area (TPSA) is 54.4 Å². The standard InChI is InChI=1S/C18H19N3O3/c1-20(14-6-4-3-5-7-14)18(22)24-17-12-13-21(19-17)15-8-10-16(23-2)11-9-15/h3-11H,12-13H2,1-2H3. The first-order chi connectivity index (χ1) is 11.7. The van der Waals surface area contributed by atoms with Crippen molar-refractivity contribution in [1.29, 1.82) is 0 Å². The summed E-state index contributed by atoms with van der Waals surface area (Å²) in [6.07, 6.45) is 0.136. The third-order valence-corrected chi connectivity index (χ3v) is 3.76. The van der Waals surface area contributed by atoms with Crippen LogP contribution in [-0.4, -0.2) is 32.7 Å². The lowest BCUT2D eigenvalue weighted by atomic mass is 10.3. The number of para-hydroxylation sites is 1. The number of benzene rings is 2. The Balaban J connectivity index is 1.64. The van der Waals surface area contributed by atoms with Gasteiger partial charge in [0.1, 0.15) is 5.75 Å². The van der Waals surface area contributed by atoms with Gasteiger partial charge in [-0.1, -0.05) is 18.2 Å². The van der Waals surface area contributed by atoms with E-state index in [1.165, 1.54) is 4.90 Å². The average molecular weight is 325 g/mol. The van der Waals surface area contributed by atoms with E-state index in [9.17, 15) is 4.79 Å². The van der Waals surface area contributed by atoms with Gasteiger partial charge in [-0.3, -0.25) is 9.91 Å². The molecule has 2 aromatic carbocycles. The predicted octanol–water partition coefficient (Wildman–Crippen LogP) is 3.49. The molecule has 0 aromatic heterocycles. The monoisotopic (exact) mass is 325 g/mol. The number of anilines is 2.